The van der Waals surface area contributed by atoms with Gasteiger partial charge in [-0.05, 0) is 6.42 Å². The maximum absolute atomic E-state index is 11.1. The number of ketones is 1. The molecule has 0 saturated heterocycles. The fourth-order valence-corrected chi connectivity index (χ4v) is 1.96. The van der Waals surface area contributed by atoms with Gasteiger partial charge in [-0.15, -0.1) is 0 Å². The molecule has 1 saturated carbocycles. The second-order valence-corrected chi connectivity index (χ2v) is 3.25. The molecule has 2 atom stereocenters. The highest BCUT2D eigenvalue weighted by Crippen LogP contribution is 2.44. The van der Waals surface area contributed by atoms with E-state index >= 15 is 0 Å². The number of esters is 1. The number of carbonyl (C=O) groups is 2. The van der Waals surface area contributed by atoms with Gasteiger partial charge in [0.15, 0.2) is 0 Å². The van der Waals surface area contributed by atoms with Crippen LogP contribution < -0.4 is 0 Å². The third-order valence-electron chi connectivity index (χ3n) is 2.69. The van der Waals surface area contributed by atoms with Crippen molar-refractivity contribution >= 4 is 11.8 Å². The highest BCUT2D eigenvalue weighted by Gasteiger charge is 2.45. The molecule has 0 heterocycles. The largest absolute Gasteiger partial charge is 0.466 e. The minimum absolute atomic E-state index is 0.0269. The topological polar surface area (TPSA) is 43.4 Å². The Morgan fingerprint density at radius 2 is 2.42 bits per heavy atom. The predicted octanol–water partition coefficient (Wildman–Crippen LogP) is 0.695. The molecule has 2 rings (SSSR count). The van der Waals surface area contributed by atoms with E-state index in [0.29, 0.717) is 12.0 Å². The van der Waals surface area contributed by atoms with Gasteiger partial charge in [0.25, 0.3) is 0 Å². The monoisotopic (exact) mass is 166 g/mol. The molecule has 3 heteroatoms. The molecule has 12 heavy (non-hydrogen) atoms. The second kappa shape index (κ2) is 2.44. The quantitative estimate of drug-likeness (QED) is 0.538. The van der Waals surface area contributed by atoms with Gasteiger partial charge >= 0.3 is 5.97 Å². The van der Waals surface area contributed by atoms with Gasteiger partial charge in [-0.3, -0.25) is 4.79 Å². The predicted molar refractivity (Wildman–Crippen MR) is 41.3 cm³/mol. The molecule has 0 amide bonds. The van der Waals surface area contributed by atoms with Crippen molar-refractivity contribution < 1.29 is 14.3 Å². The van der Waals surface area contributed by atoms with E-state index in [0.717, 1.165) is 6.42 Å². The van der Waals surface area contributed by atoms with Gasteiger partial charge in [0.1, 0.15) is 5.78 Å². The van der Waals surface area contributed by atoms with Gasteiger partial charge < -0.3 is 4.74 Å². The van der Waals surface area contributed by atoms with Gasteiger partial charge in [-0.25, -0.2) is 4.79 Å². The Kier molecular flexibility index (Phi) is 1.53. The van der Waals surface area contributed by atoms with E-state index < -0.39 is 0 Å². The third-order valence-corrected chi connectivity index (χ3v) is 2.69. The number of carbonyl (C=O) groups excluding carboxylic acids is 2. The Bertz CT molecular complexity index is 277. The molecule has 0 radical (unpaired) electrons. The molecule has 0 aromatic heterocycles. The zero-order valence-corrected chi connectivity index (χ0v) is 6.87. The Hall–Kier alpha value is -1.12. The number of fused-ring (bicyclic) bond motifs is 1. The van der Waals surface area contributed by atoms with Gasteiger partial charge in [0.05, 0.1) is 7.11 Å². The van der Waals surface area contributed by atoms with Crippen molar-refractivity contribution in [2.45, 2.75) is 12.8 Å². The molecule has 0 aromatic carbocycles. The summed E-state index contributed by atoms with van der Waals surface area (Å²) in [6, 6.07) is 0. The van der Waals surface area contributed by atoms with Crippen LogP contribution in [0.4, 0.5) is 0 Å². The summed E-state index contributed by atoms with van der Waals surface area (Å²) in [5.41, 5.74) is 0.702. The second-order valence-electron chi connectivity index (χ2n) is 3.25. The molecule has 2 aliphatic carbocycles. The lowest BCUT2D eigenvalue weighted by molar-refractivity contribution is -0.137. The zero-order valence-electron chi connectivity index (χ0n) is 6.87. The molecule has 2 unspecified atom stereocenters. The number of Topliss-reactive ketones (excluding diaryl/α,β-unsaturated/α-hetero) is 1. The maximum atomic E-state index is 11.1. The Balaban J connectivity index is 2.15. The lowest BCUT2D eigenvalue weighted by Crippen LogP contribution is -2.29. The summed E-state index contributed by atoms with van der Waals surface area (Å²) in [6.07, 6.45) is 3.18. The summed E-state index contributed by atoms with van der Waals surface area (Å²) >= 11 is 0. The van der Waals surface area contributed by atoms with Crippen LogP contribution in [0.3, 0.4) is 0 Å². The van der Waals surface area contributed by atoms with Crippen molar-refractivity contribution in [1.29, 1.82) is 0 Å². The van der Waals surface area contributed by atoms with E-state index in [9.17, 15) is 9.59 Å². The van der Waals surface area contributed by atoms with Crippen molar-refractivity contribution in [3.63, 3.8) is 0 Å². The number of hydrogen-bond acceptors (Lipinski definition) is 3. The number of allylic oxidation sites excluding steroid dienone is 1. The van der Waals surface area contributed by atoms with Crippen LogP contribution in [0.25, 0.3) is 0 Å². The van der Waals surface area contributed by atoms with E-state index in [2.05, 4.69) is 4.74 Å². The molecule has 0 spiro atoms. The van der Waals surface area contributed by atoms with E-state index in [1.54, 1.807) is 6.08 Å². The van der Waals surface area contributed by atoms with E-state index in [4.69, 9.17) is 0 Å². The first-order valence-corrected chi connectivity index (χ1v) is 4.07. The first-order valence-electron chi connectivity index (χ1n) is 4.07. The van der Waals surface area contributed by atoms with Crippen molar-refractivity contribution in [1.82, 2.24) is 0 Å². The van der Waals surface area contributed by atoms with Crippen LogP contribution in [0.15, 0.2) is 11.6 Å². The maximum Gasteiger partial charge on any atom is 0.333 e. The first kappa shape index (κ1) is 7.53. The van der Waals surface area contributed by atoms with Crippen LogP contribution in [0, 0.1) is 11.8 Å². The Labute approximate surface area is 70.4 Å². The fourth-order valence-electron chi connectivity index (χ4n) is 1.96. The number of methoxy groups -OCH3 is 1. The highest BCUT2D eigenvalue weighted by atomic mass is 16.5. The minimum Gasteiger partial charge on any atom is -0.466 e. The summed E-state index contributed by atoms with van der Waals surface area (Å²) in [5.74, 6) is 0.197. The summed E-state index contributed by atoms with van der Waals surface area (Å²) in [6.45, 7) is 0. The lowest BCUT2D eigenvalue weighted by atomic mass is 9.77. The van der Waals surface area contributed by atoms with E-state index in [1.165, 1.54) is 7.11 Å². The van der Waals surface area contributed by atoms with E-state index in [1.807, 2.05) is 0 Å². The molecule has 0 aromatic rings. The first-order chi connectivity index (χ1) is 5.74. The standard InChI is InChI=1S/C9H10O3/c1-12-9(11)7-4-6-5(7)2-3-8(6)10/h4-6H,2-3H2,1H3. The van der Waals surface area contributed by atoms with Crippen LogP contribution in [0.1, 0.15) is 12.8 Å². The third kappa shape index (κ3) is 0.823. The number of hydrogen-bond donors (Lipinski definition) is 0. The Morgan fingerprint density at radius 3 is 3.00 bits per heavy atom. The fraction of sp³-hybridized carbons (Fsp3) is 0.556. The van der Waals surface area contributed by atoms with Crippen LogP contribution in [0.2, 0.25) is 0 Å². The smallest absolute Gasteiger partial charge is 0.333 e. The van der Waals surface area contributed by atoms with Crippen LogP contribution >= 0.6 is 0 Å². The van der Waals surface area contributed by atoms with Gasteiger partial charge in [0, 0.05) is 23.8 Å². The van der Waals surface area contributed by atoms with Gasteiger partial charge in [-0.1, -0.05) is 6.08 Å². The average Bonchev–Trinajstić information content (AvgIpc) is 2.27. The van der Waals surface area contributed by atoms with Gasteiger partial charge in [-0.2, -0.15) is 0 Å². The molecule has 0 bridgehead atoms. The molecule has 0 aliphatic heterocycles. The molecule has 0 N–H and O–H groups in total. The SMILES string of the molecule is COC(=O)C1=CC2C(=O)CCC12. The summed E-state index contributed by atoms with van der Waals surface area (Å²) < 4.78 is 4.58. The molecule has 2 aliphatic rings. The normalized spacial score (nSPS) is 32.1. The molecule has 1 fully saturated rings. The van der Waals surface area contributed by atoms with Crippen LogP contribution in [-0.2, 0) is 14.3 Å². The van der Waals surface area contributed by atoms with Crippen LogP contribution in [0.5, 0.6) is 0 Å². The lowest BCUT2D eigenvalue weighted by Gasteiger charge is -2.26. The molecule has 64 valence electrons. The van der Waals surface area contributed by atoms with Crippen LogP contribution in [-0.4, -0.2) is 18.9 Å². The molecular formula is C9H10O3. The van der Waals surface area contributed by atoms with Crippen molar-refractivity contribution in [2.24, 2.45) is 11.8 Å². The summed E-state index contributed by atoms with van der Waals surface area (Å²) in [4.78, 5) is 22.1. The average molecular weight is 166 g/mol. The summed E-state index contributed by atoms with van der Waals surface area (Å²) in [5, 5.41) is 0. The van der Waals surface area contributed by atoms with Crippen molar-refractivity contribution in [3.05, 3.63) is 11.6 Å². The molecular weight excluding hydrogens is 156 g/mol. The highest BCUT2D eigenvalue weighted by molar-refractivity contribution is 5.98. The minimum atomic E-state index is -0.272. The van der Waals surface area contributed by atoms with Crippen molar-refractivity contribution in [3.8, 4) is 0 Å². The number of rotatable bonds is 1. The summed E-state index contributed by atoms with van der Waals surface area (Å²) in [7, 11) is 1.37. The zero-order chi connectivity index (χ0) is 8.72. The Morgan fingerprint density at radius 1 is 1.67 bits per heavy atom. The van der Waals surface area contributed by atoms with E-state index in [-0.39, 0.29) is 23.6 Å². The number of ether oxygens (including phenoxy) is 1. The van der Waals surface area contributed by atoms with Crippen molar-refractivity contribution in [2.75, 3.05) is 7.11 Å². The van der Waals surface area contributed by atoms with Gasteiger partial charge in [0.2, 0.25) is 0 Å². The molecule has 3 nitrogen and oxygen atoms in total.